The van der Waals surface area contributed by atoms with E-state index in [1.54, 1.807) is 22.7 Å². The fourth-order valence-electron chi connectivity index (χ4n) is 1.19. The summed E-state index contributed by atoms with van der Waals surface area (Å²) in [4.78, 5) is 4.43. The van der Waals surface area contributed by atoms with Gasteiger partial charge in [0, 0.05) is 5.38 Å². The van der Waals surface area contributed by atoms with Crippen molar-refractivity contribution in [1.29, 1.82) is 0 Å². The molecule has 0 aliphatic carbocycles. The molecule has 1 atom stereocenters. The minimum atomic E-state index is 0.183. The SMILES string of the molecule is Cc1nc(C(C)Nc2nnc(C)s2)cs1. The van der Waals surface area contributed by atoms with Crippen LogP contribution in [-0.4, -0.2) is 15.2 Å². The highest BCUT2D eigenvalue weighted by molar-refractivity contribution is 7.15. The molecule has 15 heavy (non-hydrogen) atoms. The van der Waals surface area contributed by atoms with Crippen molar-refractivity contribution in [2.75, 3.05) is 5.32 Å². The average Bonchev–Trinajstić information content (AvgIpc) is 2.75. The van der Waals surface area contributed by atoms with Gasteiger partial charge in [-0.1, -0.05) is 11.3 Å². The molecular weight excluding hydrogens is 228 g/mol. The first-order valence-corrected chi connectivity index (χ1v) is 6.33. The highest BCUT2D eigenvalue weighted by Crippen LogP contribution is 2.22. The minimum absolute atomic E-state index is 0.183. The van der Waals surface area contributed by atoms with Crippen molar-refractivity contribution < 1.29 is 0 Å². The molecular formula is C9H12N4S2. The van der Waals surface area contributed by atoms with Gasteiger partial charge in [-0.25, -0.2) is 4.98 Å². The van der Waals surface area contributed by atoms with Gasteiger partial charge in [0.2, 0.25) is 5.13 Å². The Kier molecular flexibility index (Phi) is 2.97. The predicted octanol–water partition coefficient (Wildman–Crippen LogP) is 2.78. The Hall–Kier alpha value is -1.01. The van der Waals surface area contributed by atoms with Gasteiger partial charge in [-0.05, 0) is 20.8 Å². The molecule has 2 aromatic heterocycles. The van der Waals surface area contributed by atoms with Crippen LogP contribution in [0.5, 0.6) is 0 Å². The topological polar surface area (TPSA) is 50.7 Å². The van der Waals surface area contributed by atoms with Crippen molar-refractivity contribution in [3.8, 4) is 0 Å². The van der Waals surface area contributed by atoms with Crippen LogP contribution in [0.4, 0.5) is 5.13 Å². The fraction of sp³-hybridized carbons (Fsp3) is 0.444. The second-order valence-corrected chi connectivity index (χ2v) is 5.53. The van der Waals surface area contributed by atoms with Gasteiger partial charge >= 0.3 is 0 Å². The van der Waals surface area contributed by atoms with Gasteiger partial charge in [0.15, 0.2) is 0 Å². The first-order valence-electron chi connectivity index (χ1n) is 4.64. The Balaban J connectivity index is 2.06. The molecule has 0 aliphatic heterocycles. The molecule has 0 saturated heterocycles. The monoisotopic (exact) mass is 240 g/mol. The average molecular weight is 240 g/mol. The van der Waals surface area contributed by atoms with Gasteiger partial charge in [-0.3, -0.25) is 0 Å². The lowest BCUT2D eigenvalue weighted by Gasteiger charge is -2.08. The van der Waals surface area contributed by atoms with Crippen molar-refractivity contribution in [1.82, 2.24) is 15.2 Å². The number of rotatable bonds is 3. The molecule has 0 saturated carbocycles. The highest BCUT2D eigenvalue weighted by atomic mass is 32.1. The van der Waals surface area contributed by atoms with Crippen molar-refractivity contribution in [2.24, 2.45) is 0 Å². The van der Waals surface area contributed by atoms with Crippen LogP contribution in [0.1, 0.15) is 28.7 Å². The third kappa shape index (κ3) is 2.51. The first kappa shape index (κ1) is 10.5. The number of anilines is 1. The zero-order valence-corrected chi connectivity index (χ0v) is 10.4. The number of aromatic nitrogens is 3. The van der Waals surface area contributed by atoms with E-state index in [0.29, 0.717) is 0 Å². The van der Waals surface area contributed by atoms with Crippen molar-refractivity contribution in [2.45, 2.75) is 26.8 Å². The number of nitrogens with one attached hydrogen (secondary N) is 1. The van der Waals surface area contributed by atoms with Gasteiger partial charge in [0.05, 0.1) is 16.7 Å². The molecule has 0 fully saturated rings. The van der Waals surface area contributed by atoms with E-state index in [0.717, 1.165) is 20.8 Å². The summed E-state index contributed by atoms with van der Waals surface area (Å²) >= 11 is 3.22. The molecule has 0 spiro atoms. The number of thiazole rings is 1. The molecule has 2 aromatic rings. The second-order valence-electron chi connectivity index (χ2n) is 3.28. The van der Waals surface area contributed by atoms with E-state index < -0.39 is 0 Å². The van der Waals surface area contributed by atoms with Crippen LogP contribution in [0.2, 0.25) is 0 Å². The molecule has 0 amide bonds. The molecule has 6 heteroatoms. The van der Waals surface area contributed by atoms with Crippen LogP contribution in [0, 0.1) is 13.8 Å². The Morgan fingerprint density at radius 2 is 2.07 bits per heavy atom. The van der Waals surface area contributed by atoms with Crippen LogP contribution >= 0.6 is 22.7 Å². The summed E-state index contributed by atoms with van der Waals surface area (Å²) in [6.45, 7) is 6.03. The molecule has 0 aliphatic rings. The zero-order chi connectivity index (χ0) is 10.8. The summed E-state index contributed by atoms with van der Waals surface area (Å²) in [7, 11) is 0. The first-order chi connectivity index (χ1) is 7.15. The van der Waals surface area contributed by atoms with Crippen LogP contribution in [0.25, 0.3) is 0 Å². The molecule has 0 bridgehead atoms. The van der Waals surface area contributed by atoms with Gasteiger partial charge < -0.3 is 5.32 Å². The fourth-order valence-corrected chi connectivity index (χ4v) is 2.58. The smallest absolute Gasteiger partial charge is 0.206 e. The largest absolute Gasteiger partial charge is 0.352 e. The lowest BCUT2D eigenvalue weighted by Crippen LogP contribution is -2.06. The van der Waals surface area contributed by atoms with Gasteiger partial charge in [-0.15, -0.1) is 21.5 Å². The highest BCUT2D eigenvalue weighted by Gasteiger charge is 2.10. The Morgan fingerprint density at radius 1 is 1.27 bits per heavy atom. The molecule has 2 heterocycles. The predicted molar refractivity (Wildman–Crippen MR) is 63.5 cm³/mol. The van der Waals surface area contributed by atoms with Crippen LogP contribution in [0.15, 0.2) is 5.38 Å². The van der Waals surface area contributed by atoms with Crippen LogP contribution in [0.3, 0.4) is 0 Å². The van der Waals surface area contributed by atoms with Gasteiger partial charge in [0.25, 0.3) is 0 Å². The normalized spacial score (nSPS) is 12.7. The quantitative estimate of drug-likeness (QED) is 0.896. The number of hydrogen-bond acceptors (Lipinski definition) is 6. The van der Waals surface area contributed by atoms with Gasteiger partial charge in [-0.2, -0.15) is 0 Å². The van der Waals surface area contributed by atoms with E-state index in [9.17, 15) is 0 Å². The van der Waals surface area contributed by atoms with Crippen LogP contribution in [-0.2, 0) is 0 Å². The standard InChI is InChI=1S/C9H12N4S2/c1-5(8-4-14-6(2)11-8)10-9-13-12-7(3)15-9/h4-5H,1-3H3,(H,10,13). The van der Waals surface area contributed by atoms with E-state index in [2.05, 4.69) is 32.8 Å². The van der Waals surface area contributed by atoms with E-state index in [1.165, 1.54) is 0 Å². The molecule has 2 rings (SSSR count). The molecule has 4 nitrogen and oxygen atoms in total. The Bertz CT molecular complexity index is 448. The Morgan fingerprint density at radius 3 is 2.60 bits per heavy atom. The van der Waals surface area contributed by atoms with Crippen molar-refractivity contribution in [3.05, 3.63) is 21.1 Å². The summed E-state index contributed by atoms with van der Waals surface area (Å²) in [5, 5.41) is 16.2. The number of aryl methyl sites for hydroxylation is 2. The Labute approximate surface area is 96.4 Å². The third-order valence-electron chi connectivity index (χ3n) is 1.95. The molecule has 80 valence electrons. The number of nitrogens with zero attached hydrogens (tertiary/aromatic N) is 3. The lowest BCUT2D eigenvalue weighted by molar-refractivity contribution is 0.837. The second kappa shape index (κ2) is 4.24. The van der Waals surface area contributed by atoms with Crippen molar-refractivity contribution >= 4 is 27.8 Å². The third-order valence-corrected chi connectivity index (χ3v) is 3.51. The maximum atomic E-state index is 4.43. The number of hydrogen-bond donors (Lipinski definition) is 1. The molecule has 1 unspecified atom stereocenters. The summed E-state index contributed by atoms with van der Waals surface area (Å²) < 4.78 is 0. The van der Waals surface area contributed by atoms with Crippen LogP contribution < -0.4 is 5.32 Å². The zero-order valence-electron chi connectivity index (χ0n) is 8.81. The van der Waals surface area contributed by atoms with Gasteiger partial charge in [0.1, 0.15) is 5.01 Å². The summed E-state index contributed by atoms with van der Waals surface area (Å²) in [6.07, 6.45) is 0. The molecule has 1 N–H and O–H groups in total. The maximum absolute atomic E-state index is 4.43. The molecule has 0 radical (unpaired) electrons. The van der Waals surface area contributed by atoms with E-state index in [-0.39, 0.29) is 6.04 Å². The minimum Gasteiger partial charge on any atom is -0.352 e. The van der Waals surface area contributed by atoms with E-state index in [1.807, 2.05) is 13.8 Å². The van der Waals surface area contributed by atoms with E-state index in [4.69, 9.17) is 0 Å². The maximum Gasteiger partial charge on any atom is 0.206 e. The van der Waals surface area contributed by atoms with E-state index >= 15 is 0 Å². The van der Waals surface area contributed by atoms with Crippen molar-refractivity contribution in [3.63, 3.8) is 0 Å². The lowest BCUT2D eigenvalue weighted by atomic mass is 10.3. The summed E-state index contributed by atoms with van der Waals surface area (Å²) in [6, 6.07) is 0.183. The summed E-state index contributed by atoms with van der Waals surface area (Å²) in [5.41, 5.74) is 1.06. The summed E-state index contributed by atoms with van der Waals surface area (Å²) in [5.74, 6) is 0. The molecule has 0 aromatic carbocycles.